The maximum Gasteiger partial charge on any atom is 0.00132 e. The number of aryl methyl sites for hydroxylation is 1. The second-order valence-corrected chi connectivity index (χ2v) is 4.74. The fourth-order valence-corrected chi connectivity index (χ4v) is 2.54. The minimum Gasteiger partial charge on any atom is -0.303 e. The van der Waals surface area contributed by atoms with Crippen LogP contribution in [0.15, 0.2) is 24.3 Å². The predicted octanol–water partition coefficient (Wildman–Crippen LogP) is 2.88. The van der Waals surface area contributed by atoms with E-state index in [0.29, 0.717) is 0 Å². The molecule has 0 amide bonds. The zero-order valence-corrected chi connectivity index (χ0v) is 9.87. The van der Waals surface area contributed by atoms with E-state index in [-0.39, 0.29) is 0 Å². The zero-order valence-electron chi connectivity index (χ0n) is 9.87. The molecule has 1 heteroatoms. The average molecular weight is 203 g/mol. The maximum absolute atomic E-state index is 2.56. The summed E-state index contributed by atoms with van der Waals surface area (Å²) < 4.78 is 0. The first kappa shape index (κ1) is 10.7. The van der Waals surface area contributed by atoms with Crippen LogP contribution in [0, 0.1) is 12.8 Å². The van der Waals surface area contributed by atoms with Crippen LogP contribution in [0.3, 0.4) is 0 Å². The van der Waals surface area contributed by atoms with Gasteiger partial charge in [0.2, 0.25) is 0 Å². The number of nitrogens with zero attached hydrogens (tertiary/aromatic N) is 1. The summed E-state index contributed by atoms with van der Waals surface area (Å²) in [5.74, 6) is 0.881. The van der Waals surface area contributed by atoms with Crippen molar-refractivity contribution in [2.24, 2.45) is 5.92 Å². The van der Waals surface area contributed by atoms with Crippen molar-refractivity contribution in [1.82, 2.24) is 4.90 Å². The van der Waals surface area contributed by atoms with E-state index in [4.69, 9.17) is 0 Å². The van der Waals surface area contributed by atoms with Crippen LogP contribution in [-0.4, -0.2) is 24.5 Å². The molecule has 82 valence electrons. The minimum absolute atomic E-state index is 0.881. The fraction of sp³-hybridized carbons (Fsp3) is 0.571. The van der Waals surface area contributed by atoms with Crippen molar-refractivity contribution in [2.75, 3.05) is 19.6 Å². The molecule has 0 saturated carbocycles. The molecule has 1 heterocycles. The van der Waals surface area contributed by atoms with Gasteiger partial charge in [-0.15, -0.1) is 0 Å². The largest absolute Gasteiger partial charge is 0.303 e. The highest BCUT2D eigenvalue weighted by Gasteiger charge is 2.20. The molecule has 0 N–H and O–H groups in total. The smallest absolute Gasteiger partial charge is 0.00132 e. The van der Waals surface area contributed by atoms with Crippen LogP contribution in [0.25, 0.3) is 0 Å². The van der Waals surface area contributed by atoms with Gasteiger partial charge in [-0.1, -0.05) is 36.8 Å². The van der Waals surface area contributed by atoms with Crippen LogP contribution >= 0.6 is 0 Å². The molecule has 1 nitrogen and oxygen atoms in total. The summed E-state index contributed by atoms with van der Waals surface area (Å²) in [6, 6.07) is 8.95. The normalized spacial score (nSPS) is 22.1. The van der Waals surface area contributed by atoms with Crippen LogP contribution in [0.2, 0.25) is 0 Å². The highest BCUT2D eigenvalue weighted by Crippen LogP contribution is 2.20. The Kier molecular flexibility index (Phi) is 3.42. The summed E-state index contributed by atoms with van der Waals surface area (Å²) in [6.45, 7) is 8.24. The maximum atomic E-state index is 2.56. The third-order valence-corrected chi connectivity index (χ3v) is 3.42. The molecular weight excluding hydrogens is 182 g/mol. The molecule has 1 aliphatic rings. The molecule has 0 radical (unpaired) electrons. The molecule has 1 aromatic rings. The third kappa shape index (κ3) is 2.82. The van der Waals surface area contributed by atoms with Gasteiger partial charge in [-0.3, -0.25) is 0 Å². The summed E-state index contributed by atoms with van der Waals surface area (Å²) in [4.78, 5) is 2.56. The molecule has 0 spiro atoms. The average Bonchev–Trinajstić information content (AvgIpc) is 2.65. The summed E-state index contributed by atoms with van der Waals surface area (Å²) >= 11 is 0. The van der Waals surface area contributed by atoms with Gasteiger partial charge in [0.25, 0.3) is 0 Å². The van der Waals surface area contributed by atoms with Gasteiger partial charge in [0.1, 0.15) is 0 Å². The Labute approximate surface area is 93.1 Å². The van der Waals surface area contributed by atoms with Gasteiger partial charge >= 0.3 is 0 Å². The second kappa shape index (κ2) is 4.80. The molecule has 0 aliphatic carbocycles. The lowest BCUT2D eigenvalue weighted by atomic mass is 9.98. The summed E-state index contributed by atoms with van der Waals surface area (Å²) in [7, 11) is 0. The highest BCUT2D eigenvalue weighted by molar-refractivity contribution is 5.22. The molecule has 1 aromatic carbocycles. The van der Waals surface area contributed by atoms with E-state index in [0.717, 1.165) is 5.92 Å². The number of hydrogen-bond donors (Lipinski definition) is 0. The molecule has 1 unspecified atom stereocenters. The van der Waals surface area contributed by atoms with Crippen LogP contribution in [0.5, 0.6) is 0 Å². The number of likely N-dealkylation sites (tertiary alicyclic amines) is 1. The number of rotatable bonds is 3. The SMILES string of the molecule is CCN1CCC(Cc2cccc(C)c2)C1. The Bertz CT molecular complexity index is 319. The Balaban J connectivity index is 1.92. The molecule has 1 aliphatic heterocycles. The minimum atomic E-state index is 0.881. The summed E-state index contributed by atoms with van der Waals surface area (Å²) in [5.41, 5.74) is 2.90. The topological polar surface area (TPSA) is 3.24 Å². The molecule has 2 rings (SSSR count). The Hall–Kier alpha value is -0.820. The van der Waals surface area contributed by atoms with Crippen molar-refractivity contribution in [2.45, 2.75) is 26.7 Å². The standard InChI is InChI=1S/C14H21N/c1-3-15-8-7-14(11-15)10-13-6-4-5-12(2)9-13/h4-6,9,14H,3,7-8,10-11H2,1-2H3. The van der Waals surface area contributed by atoms with Gasteiger partial charge in [0, 0.05) is 6.54 Å². The van der Waals surface area contributed by atoms with Gasteiger partial charge < -0.3 is 4.90 Å². The van der Waals surface area contributed by atoms with Crippen LogP contribution in [0.1, 0.15) is 24.5 Å². The summed E-state index contributed by atoms with van der Waals surface area (Å²) in [6.07, 6.45) is 2.64. The van der Waals surface area contributed by atoms with Gasteiger partial charge in [-0.25, -0.2) is 0 Å². The van der Waals surface area contributed by atoms with E-state index in [1.54, 1.807) is 0 Å². The second-order valence-electron chi connectivity index (χ2n) is 4.74. The lowest BCUT2D eigenvalue weighted by molar-refractivity contribution is 0.342. The first-order valence-electron chi connectivity index (χ1n) is 6.06. The van der Waals surface area contributed by atoms with Crippen molar-refractivity contribution in [3.8, 4) is 0 Å². The van der Waals surface area contributed by atoms with Gasteiger partial charge in [-0.2, -0.15) is 0 Å². The first-order chi connectivity index (χ1) is 7.28. The Morgan fingerprint density at radius 1 is 1.40 bits per heavy atom. The third-order valence-electron chi connectivity index (χ3n) is 3.42. The van der Waals surface area contributed by atoms with Crippen LogP contribution in [-0.2, 0) is 6.42 Å². The van der Waals surface area contributed by atoms with E-state index in [2.05, 4.69) is 43.0 Å². The molecular formula is C14H21N. The van der Waals surface area contributed by atoms with Crippen molar-refractivity contribution in [1.29, 1.82) is 0 Å². The van der Waals surface area contributed by atoms with Gasteiger partial charge in [0.15, 0.2) is 0 Å². The van der Waals surface area contributed by atoms with E-state index in [1.165, 1.54) is 43.6 Å². The van der Waals surface area contributed by atoms with Crippen molar-refractivity contribution >= 4 is 0 Å². The van der Waals surface area contributed by atoms with Crippen molar-refractivity contribution in [3.63, 3.8) is 0 Å². The predicted molar refractivity (Wildman–Crippen MR) is 65.1 cm³/mol. The lowest BCUT2D eigenvalue weighted by Gasteiger charge is -2.13. The van der Waals surface area contributed by atoms with E-state index in [1.807, 2.05) is 0 Å². The zero-order chi connectivity index (χ0) is 10.7. The van der Waals surface area contributed by atoms with Crippen LogP contribution in [0.4, 0.5) is 0 Å². The summed E-state index contributed by atoms with van der Waals surface area (Å²) in [5, 5.41) is 0. The lowest BCUT2D eigenvalue weighted by Crippen LogP contribution is -2.20. The van der Waals surface area contributed by atoms with Gasteiger partial charge in [-0.05, 0) is 44.3 Å². The molecule has 0 aromatic heterocycles. The Morgan fingerprint density at radius 2 is 2.27 bits per heavy atom. The van der Waals surface area contributed by atoms with E-state index < -0.39 is 0 Å². The molecule has 0 bridgehead atoms. The molecule has 1 saturated heterocycles. The molecule has 1 atom stereocenters. The van der Waals surface area contributed by atoms with E-state index in [9.17, 15) is 0 Å². The quantitative estimate of drug-likeness (QED) is 0.730. The molecule has 1 fully saturated rings. The van der Waals surface area contributed by atoms with Crippen molar-refractivity contribution < 1.29 is 0 Å². The molecule has 15 heavy (non-hydrogen) atoms. The van der Waals surface area contributed by atoms with E-state index >= 15 is 0 Å². The van der Waals surface area contributed by atoms with Gasteiger partial charge in [0.05, 0.1) is 0 Å². The Morgan fingerprint density at radius 3 is 2.93 bits per heavy atom. The fourth-order valence-electron chi connectivity index (χ4n) is 2.54. The van der Waals surface area contributed by atoms with Crippen LogP contribution < -0.4 is 0 Å². The number of benzene rings is 1. The van der Waals surface area contributed by atoms with Crippen molar-refractivity contribution in [3.05, 3.63) is 35.4 Å². The monoisotopic (exact) mass is 203 g/mol. The number of hydrogen-bond acceptors (Lipinski definition) is 1. The highest BCUT2D eigenvalue weighted by atomic mass is 15.1. The first-order valence-corrected chi connectivity index (χ1v) is 6.06.